The molecule has 1 aliphatic rings. The first kappa shape index (κ1) is 22.0. The fourth-order valence-corrected chi connectivity index (χ4v) is 4.94. The van der Waals surface area contributed by atoms with Crippen molar-refractivity contribution in [3.63, 3.8) is 0 Å². The smallest absolute Gasteiger partial charge is 0.276 e. The minimum absolute atomic E-state index is 0.166. The molecule has 1 atom stereocenters. The summed E-state index contributed by atoms with van der Waals surface area (Å²) in [6.07, 6.45) is 2.30. The molecule has 8 heteroatoms. The number of nitrogens with two attached hydrogens (primary N) is 1. The maximum atomic E-state index is 13.6. The van der Waals surface area contributed by atoms with Crippen molar-refractivity contribution >= 4 is 22.8 Å². The molecular weight excluding hydrogens is 446 g/mol. The van der Waals surface area contributed by atoms with E-state index >= 15 is 0 Å². The Morgan fingerprint density at radius 2 is 1.91 bits per heavy atom. The van der Waals surface area contributed by atoms with Gasteiger partial charge in [0.15, 0.2) is 0 Å². The molecule has 2 aromatic carbocycles. The number of benzene rings is 2. The van der Waals surface area contributed by atoms with Crippen molar-refractivity contribution in [1.82, 2.24) is 19.6 Å². The van der Waals surface area contributed by atoms with Crippen LogP contribution < -0.4 is 16.0 Å². The van der Waals surface area contributed by atoms with Gasteiger partial charge in [-0.25, -0.2) is 4.68 Å². The number of pyridine rings is 1. The molecule has 0 amide bonds. The first-order chi connectivity index (χ1) is 16.4. The van der Waals surface area contributed by atoms with E-state index in [1.54, 1.807) is 16.4 Å². The van der Waals surface area contributed by atoms with Crippen molar-refractivity contribution in [2.24, 2.45) is 0 Å². The quantitative estimate of drug-likeness (QED) is 0.442. The van der Waals surface area contributed by atoms with Crippen molar-refractivity contribution in [3.8, 4) is 17.0 Å². The minimum atomic E-state index is -0.453. The van der Waals surface area contributed by atoms with Crippen molar-refractivity contribution < 1.29 is 4.74 Å². The molecule has 0 bridgehead atoms. The van der Waals surface area contributed by atoms with Crippen LogP contribution in [0.1, 0.15) is 40.5 Å². The Morgan fingerprint density at radius 3 is 2.65 bits per heavy atom. The number of rotatable bonds is 5. The molecule has 4 aromatic rings. The van der Waals surface area contributed by atoms with Gasteiger partial charge in [-0.1, -0.05) is 66.0 Å². The molecule has 0 unspecified atom stereocenters. The predicted octanol–water partition coefficient (Wildman–Crippen LogP) is 4.07. The Labute approximate surface area is 202 Å². The minimum Gasteiger partial charge on any atom is -0.494 e. The van der Waals surface area contributed by atoms with Gasteiger partial charge in [-0.3, -0.25) is 9.36 Å². The van der Waals surface area contributed by atoms with Gasteiger partial charge in [-0.2, -0.15) is 0 Å². The Balaban J connectivity index is 1.62. The summed E-state index contributed by atoms with van der Waals surface area (Å²) in [5, 5.41) is 8.62. The molecule has 172 valence electrons. The van der Waals surface area contributed by atoms with E-state index in [1.165, 1.54) is 11.1 Å². The lowest BCUT2D eigenvalue weighted by molar-refractivity contribution is 0.379. The number of nitrogens with zero attached hydrogens (tertiary/aromatic N) is 4. The fraction of sp³-hybridized carbons (Fsp3) is 0.231. The van der Waals surface area contributed by atoms with Crippen LogP contribution in [-0.2, 0) is 6.42 Å². The van der Waals surface area contributed by atoms with Crippen LogP contribution >= 0.6 is 12.2 Å². The van der Waals surface area contributed by atoms with Crippen LogP contribution in [0, 0.1) is 13.8 Å². The maximum Gasteiger partial charge on any atom is 0.276 e. The number of aromatic nitrogens is 4. The lowest BCUT2D eigenvalue weighted by atomic mass is 9.96. The van der Waals surface area contributed by atoms with E-state index in [2.05, 4.69) is 30.2 Å². The van der Waals surface area contributed by atoms with Crippen LogP contribution in [0.2, 0.25) is 0 Å². The maximum absolute atomic E-state index is 13.6. The van der Waals surface area contributed by atoms with Crippen LogP contribution in [-0.4, -0.2) is 31.5 Å². The van der Waals surface area contributed by atoms with Gasteiger partial charge in [0.1, 0.15) is 29.0 Å². The Kier molecular flexibility index (Phi) is 5.53. The molecule has 0 fully saturated rings. The van der Waals surface area contributed by atoms with Gasteiger partial charge in [0, 0.05) is 28.8 Å². The second kappa shape index (κ2) is 8.53. The third-order valence-corrected chi connectivity index (χ3v) is 6.97. The second-order valence-corrected chi connectivity index (χ2v) is 9.04. The van der Waals surface area contributed by atoms with E-state index in [1.807, 2.05) is 48.7 Å². The molecule has 0 radical (unpaired) electrons. The van der Waals surface area contributed by atoms with E-state index in [-0.39, 0.29) is 11.2 Å². The largest absolute Gasteiger partial charge is 0.494 e. The summed E-state index contributed by atoms with van der Waals surface area (Å²) in [5.74, 6) is 0.550. The number of methoxy groups -OCH3 is 1. The van der Waals surface area contributed by atoms with Gasteiger partial charge in [0.25, 0.3) is 5.56 Å². The number of hydrogen-bond acceptors (Lipinski definition) is 6. The van der Waals surface area contributed by atoms with E-state index < -0.39 is 6.17 Å². The molecule has 1 aliphatic heterocycles. The molecule has 34 heavy (non-hydrogen) atoms. The van der Waals surface area contributed by atoms with Crippen molar-refractivity contribution in [2.75, 3.05) is 12.8 Å². The van der Waals surface area contributed by atoms with Crippen molar-refractivity contribution in [2.45, 2.75) is 32.9 Å². The van der Waals surface area contributed by atoms with Gasteiger partial charge in [0.2, 0.25) is 0 Å². The normalized spacial score (nSPS) is 14.9. The van der Waals surface area contributed by atoms with Gasteiger partial charge < -0.3 is 10.5 Å². The number of hydrogen-bond donors (Lipinski definition) is 1. The third-order valence-electron chi connectivity index (χ3n) is 6.61. The predicted molar refractivity (Wildman–Crippen MR) is 137 cm³/mol. The number of ether oxygens (including phenoxy) is 1. The number of thiocarbonyl (C=S) groups is 1. The van der Waals surface area contributed by atoms with Crippen LogP contribution in [0.5, 0.6) is 5.75 Å². The average molecular weight is 472 g/mol. The molecular formula is C26H25N5O2S. The molecule has 2 N–H and O–H groups in total. The lowest BCUT2D eigenvalue weighted by Gasteiger charge is -2.20. The molecule has 0 saturated heterocycles. The monoisotopic (exact) mass is 471 g/mol. The molecule has 0 aliphatic carbocycles. The zero-order valence-electron chi connectivity index (χ0n) is 19.3. The van der Waals surface area contributed by atoms with Crippen LogP contribution in [0.25, 0.3) is 11.3 Å². The molecule has 7 nitrogen and oxygen atoms in total. The highest BCUT2D eigenvalue weighted by molar-refractivity contribution is 7.80. The Morgan fingerprint density at radius 1 is 1.15 bits per heavy atom. The zero-order chi connectivity index (χ0) is 24.0. The average Bonchev–Trinajstić information content (AvgIpc) is 3.46. The summed E-state index contributed by atoms with van der Waals surface area (Å²) in [5.41, 5.74) is 12.7. The molecule has 0 spiro atoms. The summed E-state index contributed by atoms with van der Waals surface area (Å²) in [6, 6.07) is 15.9. The first-order valence-electron chi connectivity index (χ1n) is 11.1. The summed E-state index contributed by atoms with van der Waals surface area (Å²) < 4.78 is 9.10. The Bertz CT molecular complexity index is 1470. The van der Waals surface area contributed by atoms with Crippen molar-refractivity contribution in [3.05, 3.63) is 93.0 Å². The van der Waals surface area contributed by atoms with Gasteiger partial charge in [0.05, 0.1) is 13.3 Å². The summed E-state index contributed by atoms with van der Waals surface area (Å²) in [4.78, 5) is 14.2. The van der Waals surface area contributed by atoms with Crippen LogP contribution in [0.3, 0.4) is 0 Å². The summed E-state index contributed by atoms with van der Waals surface area (Å²) in [6.45, 7) is 4.14. The van der Waals surface area contributed by atoms with E-state index in [9.17, 15) is 4.79 Å². The van der Waals surface area contributed by atoms with Crippen LogP contribution in [0.4, 0.5) is 5.69 Å². The molecule has 2 aromatic heterocycles. The fourth-order valence-electron chi connectivity index (χ4n) is 4.60. The zero-order valence-corrected chi connectivity index (χ0v) is 20.1. The van der Waals surface area contributed by atoms with Gasteiger partial charge in [-0.15, -0.1) is 5.10 Å². The van der Waals surface area contributed by atoms with Gasteiger partial charge in [-0.05, 0) is 30.5 Å². The van der Waals surface area contributed by atoms with E-state index in [0.717, 1.165) is 16.8 Å². The standard InChI is InChI=1S/C26H25N5O2S/c1-15-8-7-11-18(16(15)2)12-19-23(27)26(32)31-22(13-21(34)24(31)25(19)33-3)30-14-20(28-29-30)17-9-5-4-6-10-17/h4-11,14,22H,12-13,27H2,1-3H3/t22-/m0/s1. The Hall–Kier alpha value is -3.78. The lowest BCUT2D eigenvalue weighted by Crippen LogP contribution is -2.31. The number of anilines is 1. The molecule has 5 rings (SSSR count). The topological polar surface area (TPSA) is 88.0 Å². The summed E-state index contributed by atoms with van der Waals surface area (Å²) in [7, 11) is 1.59. The van der Waals surface area contributed by atoms with E-state index in [4.69, 9.17) is 22.7 Å². The number of fused-ring (bicyclic) bond motifs is 1. The van der Waals surface area contributed by atoms with Crippen molar-refractivity contribution in [1.29, 1.82) is 0 Å². The van der Waals surface area contributed by atoms with Crippen LogP contribution in [0.15, 0.2) is 59.5 Å². The molecule has 3 heterocycles. The van der Waals surface area contributed by atoms with E-state index in [0.29, 0.717) is 34.7 Å². The first-order valence-corrected chi connectivity index (χ1v) is 11.5. The molecule has 0 saturated carbocycles. The highest BCUT2D eigenvalue weighted by Crippen LogP contribution is 2.38. The summed E-state index contributed by atoms with van der Waals surface area (Å²) >= 11 is 5.74. The number of aryl methyl sites for hydroxylation is 1. The SMILES string of the molecule is COc1c(Cc2cccc(C)c2C)c(N)c(=O)n2c1C(=S)C[C@H]2n1cc(-c2ccccc2)nn1. The highest BCUT2D eigenvalue weighted by atomic mass is 32.1. The third kappa shape index (κ3) is 3.51. The number of nitrogen functional groups attached to an aromatic ring is 1. The highest BCUT2D eigenvalue weighted by Gasteiger charge is 2.35. The van der Waals surface area contributed by atoms with Gasteiger partial charge >= 0.3 is 0 Å². The second-order valence-electron chi connectivity index (χ2n) is 8.54.